The second-order valence-corrected chi connectivity index (χ2v) is 7.41. The molecule has 1 aliphatic rings. The molecule has 0 bridgehead atoms. The summed E-state index contributed by atoms with van der Waals surface area (Å²) in [5.41, 5.74) is 1.49. The summed E-state index contributed by atoms with van der Waals surface area (Å²) < 4.78 is 10.7. The molecule has 0 radical (unpaired) electrons. The minimum absolute atomic E-state index is 0.118. The first-order valence-electron chi connectivity index (χ1n) is 10.3. The average Bonchev–Trinajstić information content (AvgIpc) is 3.13. The number of methoxy groups -OCH3 is 2. The van der Waals surface area contributed by atoms with Crippen LogP contribution in [0.3, 0.4) is 0 Å². The number of anilines is 2. The third-order valence-corrected chi connectivity index (χ3v) is 5.53. The lowest BCUT2D eigenvalue weighted by Crippen LogP contribution is -2.34. The number of nitro groups is 1. The van der Waals surface area contributed by atoms with Gasteiger partial charge in [-0.05, 0) is 42.0 Å². The van der Waals surface area contributed by atoms with E-state index in [2.05, 4.69) is 0 Å². The molecule has 172 valence electrons. The molecule has 2 amide bonds. The van der Waals surface area contributed by atoms with Crippen molar-refractivity contribution in [1.82, 2.24) is 0 Å². The lowest BCUT2D eigenvalue weighted by atomic mass is 10.0. The van der Waals surface area contributed by atoms with Gasteiger partial charge in [0.1, 0.15) is 17.2 Å². The van der Waals surface area contributed by atoms with Gasteiger partial charge in [0.25, 0.3) is 17.5 Å². The number of nitrogens with zero attached hydrogens (tertiary/aromatic N) is 3. The number of non-ortho nitro benzene ring substituents is 1. The van der Waals surface area contributed by atoms with Crippen LogP contribution in [-0.2, 0) is 9.59 Å². The summed E-state index contributed by atoms with van der Waals surface area (Å²) in [5.74, 6) is -0.328. The third kappa shape index (κ3) is 3.83. The van der Waals surface area contributed by atoms with Crippen LogP contribution in [0.1, 0.15) is 5.56 Å². The van der Waals surface area contributed by atoms with Gasteiger partial charge in [0.2, 0.25) is 0 Å². The lowest BCUT2D eigenvalue weighted by Gasteiger charge is -2.22. The van der Waals surface area contributed by atoms with E-state index >= 15 is 0 Å². The number of hydrogen-bond acceptors (Lipinski definition) is 7. The molecule has 0 saturated carbocycles. The fourth-order valence-electron chi connectivity index (χ4n) is 3.81. The Kier molecular flexibility index (Phi) is 6.01. The van der Waals surface area contributed by atoms with Crippen molar-refractivity contribution in [3.8, 4) is 11.5 Å². The van der Waals surface area contributed by atoms with Crippen LogP contribution in [0, 0.1) is 10.1 Å². The molecule has 4 rings (SSSR count). The zero-order chi connectivity index (χ0) is 24.4. The van der Waals surface area contributed by atoms with Gasteiger partial charge < -0.3 is 14.4 Å². The molecule has 0 atom stereocenters. The molecule has 3 aromatic carbocycles. The number of amides is 2. The van der Waals surface area contributed by atoms with E-state index in [0.29, 0.717) is 17.0 Å². The van der Waals surface area contributed by atoms with E-state index < -0.39 is 16.7 Å². The predicted molar refractivity (Wildman–Crippen MR) is 127 cm³/mol. The van der Waals surface area contributed by atoms with Crippen molar-refractivity contribution < 1.29 is 24.0 Å². The Balaban J connectivity index is 1.88. The van der Waals surface area contributed by atoms with Crippen LogP contribution in [0.5, 0.6) is 11.5 Å². The smallest absolute Gasteiger partial charge is 0.282 e. The van der Waals surface area contributed by atoms with Gasteiger partial charge in [-0.2, -0.15) is 0 Å². The van der Waals surface area contributed by atoms with Gasteiger partial charge in [-0.3, -0.25) is 19.7 Å². The summed E-state index contributed by atoms with van der Waals surface area (Å²) in [6, 6.07) is 19.4. The molecular weight excluding hydrogens is 438 g/mol. The molecule has 0 fully saturated rings. The van der Waals surface area contributed by atoms with E-state index in [-0.39, 0.29) is 28.4 Å². The Hall–Kier alpha value is -4.66. The van der Waals surface area contributed by atoms with Crippen molar-refractivity contribution in [2.75, 3.05) is 31.1 Å². The highest BCUT2D eigenvalue weighted by atomic mass is 16.6. The molecule has 34 heavy (non-hydrogen) atoms. The number of benzene rings is 3. The van der Waals surface area contributed by atoms with Crippen molar-refractivity contribution >= 4 is 34.4 Å². The molecule has 1 heterocycles. The van der Waals surface area contributed by atoms with Gasteiger partial charge in [-0.1, -0.05) is 18.2 Å². The second-order valence-electron chi connectivity index (χ2n) is 7.41. The topological polar surface area (TPSA) is 102 Å². The van der Waals surface area contributed by atoms with Gasteiger partial charge in [-0.15, -0.1) is 0 Å². The molecular formula is C25H21N3O6. The fourth-order valence-corrected chi connectivity index (χ4v) is 3.81. The zero-order valence-electron chi connectivity index (χ0n) is 18.7. The zero-order valence-corrected chi connectivity index (χ0v) is 18.7. The molecule has 0 N–H and O–H groups in total. The first kappa shape index (κ1) is 22.5. The Labute approximate surface area is 195 Å². The number of carbonyl (C=O) groups is 2. The van der Waals surface area contributed by atoms with Crippen molar-refractivity contribution in [1.29, 1.82) is 0 Å². The summed E-state index contributed by atoms with van der Waals surface area (Å²) in [6.45, 7) is 0. The number of hydrogen-bond donors (Lipinski definition) is 0. The van der Waals surface area contributed by atoms with Crippen LogP contribution in [0.2, 0.25) is 0 Å². The van der Waals surface area contributed by atoms with Gasteiger partial charge in [0.15, 0.2) is 0 Å². The Bertz CT molecular complexity index is 1300. The number of nitro benzene ring substituents is 1. The van der Waals surface area contributed by atoms with Crippen molar-refractivity contribution in [3.63, 3.8) is 0 Å². The predicted octanol–water partition coefficient (Wildman–Crippen LogP) is 4.03. The SMILES string of the molecule is COc1ccc(N2C(=O)C(c3ccc([N+](=O)[O-])cc3)=C(N(C)c3ccccc3)C2=O)c(OC)c1. The summed E-state index contributed by atoms with van der Waals surface area (Å²) in [4.78, 5) is 40.7. The first-order valence-corrected chi connectivity index (χ1v) is 10.3. The molecule has 9 heteroatoms. The maximum absolute atomic E-state index is 13.7. The van der Waals surface area contributed by atoms with Gasteiger partial charge in [0.05, 0.1) is 30.4 Å². The summed E-state index contributed by atoms with van der Waals surface area (Å²) in [6.07, 6.45) is 0. The van der Waals surface area contributed by atoms with Crippen molar-refractivity contribution in [2.45, 2.75) is 0 Å². The van der Waals surface area contributed by atoms with E-state index in [1.165, 1.54) is 38.5 Å². The Morgan fingerprint density at radius 2 is 1.56 bits per heavy atom. The monoisotopic (exact) mass is 459 g/mol. The molecule has 0 spiro atoms. The number of likely N-dealkylation sites (N-methyl/N-ethyl adjacent to an activating group) is 1. The van der Waals surface area contributed by atoms with E-state index in [4.69, 9.17) is 9.47 Å². The maximum Gasteiger partial charge on any atom is 0.282 e. The highest BCUT2D eigenvalue weighted by Crippen LogP contribution is 2.40. The number of ether oxygens (including phenoxy) is 2. The van der Waals surface area contributed by atoms with Gasteiger partial charge >= 0.3 is 0 Å². The maximum atomic E-state index is 13.7. The average molecular weight is 459 g/mol. The normalized spacial score (nSPS) is 13.3. The molecule has 9 nitrogen and oxygen atoms in total. The molecule has 0 saturated heterocycles. The van der Waals surface area contributed by atoms with Crippen LogP contribution in [0.25, 0.3) is 5.57 Å². The second kappa shape index (κ2) is 9.07. The number of rotatable bonds is 7. The molecule has 1 aliphatic heterocycles. The highest BCUT2D eigenvalue weighted by Gasteiger charge is 2.43. The first-order chi connectivity index (χ1) is 16.4. The largest absolute Gasteiger partial charge is 0.497 e. The van der Waals surface area contributed by atoms with Crippen molar-refractivity contribution in [2.24, 2.45) is 0 Å². The third-order valence-electron chi connectivity index (χ3n) is 5.53. The van der Waals surface area contributed by atoms with E-state index in [1.807, 2.05) is 30.3 Å². The summed E-state index contributed by atoms with van der Waals surface area (Å²) in [7, 11) is 4.63. The molecule has 0 aliphatic carbocycles. The van der Waals surface area contributed by atoms with Crippen molar-refractivity contribution in [3.05, 3.63) is 94.2 Å². The standard InChI is InChI=1S/C25H21N3O6/c1-26(17-7-5-4-6-8-17)23-22(16-9-11-18(12-10-16)28(31)32)24(29)27(25(23)30)20-14-13-19(33-2)15-21(20)34-3/h4-15H,1-3H3. The highest BCUT2D eigenvalue weighted by molar-refractivity contribution is 6.46. The molecule has 3 aromatic rings. The minimum Gasteiger partial charge on any atom is -0.497 e. The fraction of sp³-hybridized carbons (Fsp3) is 0.120. The Morgan fingerprint density at radius 3 is 2.15 bits per heavy atom. The van der Waals surface area contributed by atoms with Gasteiger partial charge in [-0.25, -0.2) is 4.90 Å². The van der Waals surface area contributed by atoms with Crippen LogP contribution < -0.4 is 19.3 Å². The summed E-state index contributed by atoms with van der Waals surface area (Å²) in [5, 5.41) is 11.1. The van der Waals surface area contributed by atoms with Crippen LogP contribution in [-0.4, -0.2) is 38.0 Å². The van der Waals surface area contributed by atoms with Crippen LogP contribution in [0.4, 0.5) is 17.1 Å². The Morgan fingerprint density at radius 1 is 0.882 bits per heavy atom. The van der Waals surface area contributed by atoms with Gasteiger partial charge in [0, 0.05) is 30.9 Å². The van der Waals surface area contributed by atoms with E-state index in [9.17, 15) is 19.7 Å². The number of imide groups is 1. The minimum atomic E-state index is -0.569. The van der Waals surface area contributed by atoms with E-state index in [0.717, 1.165) is 4.90 Å². The quantitative estimate of drug-likeness (QED) is 0.299. The summed E-state index contributed by atoms with van der Waals surface area (Å²) >= 11 is 0. The van der Waals surface area contributed by atoms with Crippen LogP contribution in [0.15, 0.2) is 78.5 Å². The lowest BCUT2D eigenvalue weighted by molar-refractivity contribution is -0.384. The molecule has 0 unspecified atom stereocenters. The van der Waals surface area contributed by atoms with Crippen LogP contribution >= 0.6 is 0 Å². The molecule has 0 aromatic heterocycles. The van der Waals surface area contributed by atoms with E-state index in [1.54, 1.807) is 30.1 Å². The number of carbonyl (C=O) groups excluding carboxylic acids is 2. The number of para-hydroxylation sites is 1.